The summed E-state index contributed by atoms with van der Waals surface area (Å²) in [5.74, 6) is -0.0322. The molecule has 3 heteroatoms. The average molecular weight is 292 g/mol. The Labute approximate surface area is 125 Å². The van der Waals surface area contributed by atoms with E-state index in [4.69, 9.17) is 9.47 Å². The van der Waals surface area contributed by atoms with Crippen LogP contribution in [0.15, 0.2) is 30.8 Å². The molecule has 1 rings (SSSR count). The first-order valence-corrected chi connectivity index (χ1v) is 9.99. The van der Waals surface area contributed by atoms with E-state index < -0.39 is 8.80 Å². The number of benzene rings is 1. The summed E-state index contributed by atoms with van der Waals surface area (Å²) < 4.78 is 11.9. The highest BCUT2D eigenvalue weighted by molar-refractivity contribution is 6.72. The molecule has 0 amide bonds. The molecule has 0 saturated carbocycles. The number of allylic oxidation sites excluding steroid dienone is 1. The summed E-state index contributed by atoms with van der Waals surface area (Å²) in [6.45, 7) is 14.2. The molecule has 1 atom stereocenters. The van der Waals surface area contributed by atoms with Gasteiger partial charge in [-0.15, -0.1) is 0 Å². The van der Waals surface area contributed by atoms with E-state index in [9.17, 15) is 0 Å². The number of ether oxygens (including phenoxy) is 2. The van der Waals surface area contributed by atoms with E-state index in [-0.39, 0.29) is 5.91 Å². The lowest BCUT2D eigenvalue weighted by Gasteiger charge is -2.24. The average Bonchev–Trinajstić information content (AvgIpc) is 2.47. The lowest BCUT2D eigenvalue weighted by Crippen LogP contribution is -2.43. The van der Waals surface area contributed by atoms with Crippen LogP contribution in [-0.2, 0) is 9.47 Å². The van der Waals surface area contributed by atoms with Gasteiger partial charge in [-0.2, -0.15) is 0 Å². The van der Waals surface area contributed by atoms with Gasteiger partial charge in [0, 0.05) is 13.2 Å². The van der Waals surface area contributed by atoms with E-state index in [1.165, 1.54) is 10.8 Å². The first-order chi connectivity index (χ1) is 9.60. The molecule has 0 bridgehead atoms. The van der Waals surface area contributed by atoms with Crippen molar-refractivity contribution in [2.45, 2.75) is 46.1 Å². The van der Waals surface area contributed by atoms with Crippen molar-refractivity contribution in [1.82, 2.24) is 0 Å². The van der Waals surface area contributed by atoms with Crippen molar-refractivity contribution in [3.05, 3.63) is 36.4 Å². The van der Waals surface area contributed by atoms with E-state index in [1.807, 2.05) is 6.92 Å². The van der Waals surface area contributed by atoms with Crippen molar-refractivity contribution in [3.63, 3.8) is 0 Å². The monoisotopic (exact) mass is 292 g/mol. The molecule has 112 valence electrons. The van der Waals surface area contributed by atoms with Gasteiger partial charge in [-0.1, -0.05) is 62.0 Å². The van der Waals surface area contributed by atoms with Crippen LogP contribution in [0.25, 0.3) is 5.57 Å². The van der Waals surface area contributed by atoms with Crippen LogP contribution >= 0.6 is 0 Å². The summed E-state index contributed by atoms with van der Waals surface area (Å²) >= 11 is 0. The second-order valence-corrected chi connectivity index (χ2v) is 8.09. The molecule has 0 aromatic heterocycles. The van der Waals surface area contributed by atoms with Gasteiger partial charge in [0.1, 0.15) is 14.7 Å². The summed E-state index contributed by atoms with van der Waals surface area (Å²) in [6, 6.07) is 8.67. The molecule has 0 spiro atoms. The van der Waals surface area contributed by atoms with Crippen LogP contribution in [0.3, 0.4) is 0 Å². The Morgan fingerprint density at radius 2 is 1.80 bits per heavy atom. The maximum absolute atomic E-state index is 5.93. The Bertz CT molecular complexity index is 409. The second kappa shape index (κ2) is 9.11. The summed E-state index contributed by atoms with van der Waals surface area (Å²) in [5, 5.41) is 1.38. The predicted octanol–water partition coefficient (Wildman–Crippen LogP) is 3.50. The van der Waals surface area contributed by atoms with Crippen LogP contribution in [0.1, 0.15) is 39.2 Å². The zero-order valence-electron chi connectivity index (χ0n) is 13.3. The minimum atomic E-state index is -1.29. The lowest BCUT2D eigenvalue weighted by atomic mass is 10.1. The highest BCUT2D eigenvalue weighted by Gasteiger charge is 2.22. The van der Waals surface area contributed by atoms with Gasteiger partial charge in [0.25, 0.3) is 0 Å². The Hall–Kier alpha value is -0.903. The van der Waals surface area contributed by atoms with Crippen LogP contribution in [0.5, 0.6) is 0 Å². The van der Waals surface area contributed by atoms with Gasteiger partial charge in [-0.25, -0.2) is 0 Å². The fraction of sp³-hybridized carbons (Fsp3) is 0.529. The molecule has 0 radical (unpaired) electrons. The second-order valence-electron chi connectivity index (χ2n) is 5.30. The fourth-order valence-electron chi connectivity index (χ4n) is 2.05. The fourth-order valence-corrected chi connectivity index (χ4v) is 4.07. The molecule has 0 saturated heterocycles. The van der Waals surface area contributed by atoms with Crippen LogP contribution in [-0.4, -0.2) is 27.9 Å². The van der Waals surface area contributed by atoms with Crippen molar-refractivity contribution < 1.29 is 9.47 Å². The Kier molecular flexibility index (Phi) is 7.81. The molecule has 20 heavy (non-hydrogen) atoms. The Morgan fingerprint density at radius 3 is 2.30 bits per heavy atom. The third-order valence-electron chi connectivity index (χ3n) is 3.29. The highest BCUT2D eigenvalue weighted by Crippen LogP contribution is 2.11. The normalized spacial score (nSPS) is 12.7. The summed E-state index contributed by atoms with van der Waals surface area (Å²) in [4.78, 5) is 0. The van der Waals surface area contributed by atoms with Gasteiger partial charge >= 0.3 is 0 Å². The molecule has 1 unspecified atom stereocenters. The van der Waals surface area contributed by atoms with Crippen LogP contribution < -0.4 is 5.19 Å². The molecule has 0 aliphatic rings. The van der Waals surface area contributed by atoms with Gasteiger partial charge in [0.15, 0.2) is 0 Å². The molecular formula is C17H28O2Si. The van der Waals surface area contributed by atoms with Gasteiger partial charge in [-0.05, 0) is 25.3 Å². The molecule has 0 heterocycles. The zero-order chi connectivity index (χ0) is 15.0. The molecular weight excluding hydrogens is 264 g/mol. The zero-order valence-corrected chi connectivity index (χ0v) is 14.5. The minimum absolute atomic E-state index is 0.0322. The van der Waals surface area contributed by atoms with Gasteiger partial charge in [0.2, 0.25) is 0 Å². The smallest absolute Gasteiger partial charge is 0.142 e. The van der Waals surface area contributed by atoms with E-state index in [0.29, 0.717) is 0 Å². The van der Waals surface area contributed by atoms with Gasteiger partial charge in [0.05, 0.1) is 0 Å². The van der Waals surface area contributed by atoms with Crippen LogP contribution in [0, 0.1) is 0 Å². The molecule has 0 aliphatic heterocycles. The van der Waals surface area contributed by atoms with E-state index in [2.05, 4.69) is 51.2 Å². The highest BCUT2D eigenvalue weighted by atomic mass is 28.3. The molecule has 1 aromatic carbocycles. The van der Waals surface area contributed by atoms with E-state index in [0.717, 1.165) is 31.6 Å². The van der Waals surface area contributed by atoms with Gasteiger partial charge in [-0.3, -0.25) is 0 Å². The maximum Gasteiger partial charge on any atom is 0.142 e. The van der Waals surface area contributed by atoms with E-state index >= 15 is 0 Å². The Morgan fingerprint density at radius 1 is 1.20 bits per heavy atom. The molecule has 0 aliphatic carbocycles. The quantitative estimate of drug-likeness (QED) is 0.512. The van der Waals surface area contributed by atoms with Crippen molar-refractivity contribution >= 4 is 19.6 Å². The first kappa shape index (κ1) is 17.1. The summed E-state index contributed by atoms with van der Waals surface area (Å²) in [6.07, 6.45) is 2.05. The lowest BCUT2D eigenvalue weighted by molar-refractivity contribution is -0.0918. The Balaban J connectivity index is 2.83. The molecule has 1 aromatic rings. The SMILES string of the molecule is C=C(C)c1cccc([SiH](C)C(OCCC)OCCC)c1. The first-order valence-electron chi connectivity index (χ1n) is 7.59. The van der Waals surface area contributed by atoms with Crippen molar-refractivity contribution in [3.8, 4) is 0 Å². The summed E-state index contributed by atoms with van der Waals surface area (Å²) in [5.41, 5.74) is 2.32. The van der Waals surface area contributed by atoms with Crippen LogP contribution in [0.2, 0.25) is 6.55 Å². The molecule has 0 N–H and O–H groups in total. The van der Waals surface area contributed by atoms with Crippen molar-refractivity contribution in [2.75, 3.05) is 13.2 Å². The van der Waals surface area contributed by atoms with E-state index in [1.54, 1.807) is 0 Å². The minimum Gasteiger partial charge on any atom is -0.356 e. The van der Waals surface area contributed by atoms with Gasteiger partial charge < -0.3 is 9.47 Å². The topological polar surface area (TPSA) is 18.5 Å². The largest absolute Gasteiger partial charge is 0.356 e. The maximum atomic E-state index is 5.93. The summed E-state index contributed by atoms with van der Waals surface area (Å²) in [7, 11) is -1.29. The number of rotatable bonds is 9. The molecule has 0 fully saturated rings. The molecule has 2 nitrogen and oxygen atoms in total. The third-order valence-corrected chi connectivity index (χ3v) is 5.90. The van der Waals surface area contributed by atoms with Crippen molar-refractivity contribution in [1.29, 1.82) is 0 Å². The van der Waals surface area contributed by atoms with Crippen molar-refractivity contribution in [2.24, 2.45) is 0 Å². The standard InChI is InChI=1S/C17H28O2Si/c1-6-11-18-17(19-12-7-2)20(5)16-10-8-9-15(13-16)14(3)4/h8-10,13,17,20H,3,6-7,11-12H2,1-2,4-5H3. The van der Waals surface area contributed by atoms with Crippen LogP contribution in [0.4, 0.5) is 0 Å². The number of hydrogen-bond donors (Lipinski definition) is 0. The number of hydrogen-bond acceptors (Lipinski definition) is 2. The predicted molar refractivity (Wildman–Crippen MR) is 90.1 cm³/mol. The third kappa shape index (κ3) is 5.23.